The molecule has 40 heavy (non-hydrogen) atoms. The van der Waals surface area contributed by atoms with Crippen molar-refractivity contribution in [3.05, 3.63) is 102 Å². The Morgan fingerprint density at radius 3 is 2.67 bits per heavy atom. The monoisotopic (exact) mass is 532 g/mol. The van der Waals surface area contributed by atoms with Crippen LogP contribution in [0.2, 0.25) is 0 Å². The van der Waals surface area contributed by atoms with Crippen LogP contribution >= 0.6 is 0 Å². The highest BCUT2D eigenvalue weighted by Gasteiger charge is 2.13. The molecular weight excluding hydrogens is 500 g/mol. The van der Waals surface area contributed by atoms with Crippen molar-refractivity contribution in [2.45, 2.75) is 45.1 Å². The molecule has 5 aromatic rings. The lowest BCUT2D eigenvalue weighted by Crippen LogP contribution is -2.10. The third-order valence-electron chi connectivity index (χ3n) is 7.10. The van der Waals surface area contributed by atoms with Gasteiger partial charge in [-0.3, -0.25) is 9.48 Å². The first-order chi connectivity index (χ1) is 19.7. The average molecular weight is 533 g/mol. The minimum Gasteiger partial charge on any atom is -0.494 e. The molecule has 0 saturated carbocycles. The molecule has 2 aromatic carbocycles. The minimum absolute atomic E-state index is 0.00854. The van der Waals surface area contributed by atoms with E-state index in [-0.39, 0.29) is 12.3 Å². The highest BCUT2D eigenvalue weighted by atomic mass is 16.5. The number of hydrogen-bond donors (Lipinski definition) is 1. The first-order valence-corrected chi connectivity index (χ1v) is 13.9. The van der Waals surface area contributed by atoms with Crippen LogP contribution in [0.5, 0.6) is 5.75 Å². The van der Waals surface area contributed by atoms with E-state index in [1.165, 1.54) is 25.7 Å². The van der Waals surface area contributed by atoms with Gasteiger partial charge in [0.2, 0.25) is 5.95 Å². The molecular formula is C32H32N6O2. The van der Waals surface area contributed by atoms with Crippen LogP contribution in [0.4, 0.5) is 11.6 Å². The maximum Gasteiger partial charge on any atom is 0.247 e. The van der Waals surface area contributed by atoms with E-state index in [9.17, 15) is 4.79 Å². The predicted molar refractivity (Wildman–Crippen MR) is 156 cm³/mol. The van der Waals surface area contributed by atoms with Gasteiger partial charge in [-0.15, -0.1) is 5.10 Å². The fourth-order valence-electron chi connectivity index (χ4n) is 5.01. The van der Waals surface area contributed by atoms with Crippen LogP contribution in [0, 0.1) is 0 Å². The Morgan fingerprint density at radius 1 is 0.975 bits per heavy atom. The van der Waals surface area contributed by atoms with E-state index in [1.54, 1.807) is 21.0 Å². The van der Waals surface area contributed by atoms with Gasteiger partial charge < -0.3 is 10.1 Å². The summed E-state index contributed by atoms with van der Waals surface area (Å²) in [5.74, 6) is 1.36. The number of carbonyl (C=O) groups is 1. The summed E-state index contributed by atoms with van der Waals surface area (Å²) < 4.78 is 9.38. The van der Waals surface area contributed by atoms with Crippen LogP contribution in [0.15, 0.2) is 96.8 Å². The lowest BCUT2D eigenvalue weighted by molar-refractivity contribution is 0.0967. The highest BCUT2D eigenvalue weighted by molar-refractivity contribution is 5.95. The zero-order valence-electron chi connectivity index (χ0n) is 22.4. The average Bonchev–Trinajstić information content (AvgIpc) is 3.64. The maximum atomic E-state index is 12.6. The Bertz CT molecular complexity index is 1620. The van der Waals surface area contributed by atoms with Crippen molar-refractivity contribution in [2.75, 3.05) is 11.9 Å². The number of rotatable bonds is 11. The SMILES string of the molecule is O=C(Cn1cc(-c2cccc3nc(Nc4ccc(OCCCC5=CCCCC5)cc4)nn23)cn1)c1ccccc1. The van der Waals surface area contributed by atoms with Gasteiger partial charge in [0.1, 0.15) is 12.3 Å². The number of anilines is 2. The second-order valence-electron chi connectivity index (χ2n) is 10.0. The number of pyridine rings is 1. The van der Waals surface area contributed by atoms with E-state index >= 15 is 0 Å². The zero-order valence-corrected chi connectivity index (χ0v) is 22.4. The molecule has 1 aliphatic rings. The molecule has 0 bridgehead atoms. The van der Waals surface area contributed by atoms with Crippen LogP contribution in [-0.4, -0.2) is 36.8 Å². The quantitative estimate of drug-likeness (QED) is 0.113. The van der Waals surface area contributed by atoms with Crippen molar-refractivity contribution in [1.29, 1.82) is 0 Å². The Morgan fingerprint density at radius 2 is 1.85 bits per heavy atom. The summed E-state index contributed by atoms with van der Waals surface area (Å²) in [6.45, 7) is 0.889. The first kappa shape index (κ1) is 25.6. The normalized spacial score (nSPS) is 13.2. The fraction of sp³-hybridized carbons (Fsp3) is 0.250. The smallest absolute Gasteiger partial charge is 0.247 e. The van der Waals surface area contributed by atoms with Crippen molar-refractivity contribution in [3.8, 4) is 17.0 Å². The molecule has 8 nitrogen and oxygen atoms in total. The second-order valence-corrected chi connectivity index (χ2v) is 10.0. The van der Waals surface area contributed by atoms with Crippen molar-refractivity contribution in [3.63, 3.8) is 0 Å². The molecule has 0 amide bonds. The molecule has 6 rings (SSSR count). The lowest BCUT2D eigenvalue weighted by atomic mass is 9.96. The van der Waals surface area contributed by atoms with Gasteiger partial charge in [-0.05, 0) is 74.9 Å². The van der Waals surface area contributed by atoms with Gasteiger partial charge in [-0.2, -0.15) is 10.1 Å². The summed E-state index contributed by atoms with van der Waals surface area (Å²) in [5, 5.41) is 12.4. The van der Waals surface area contributed by atoms with E-state index in [2.05, 4.69) is 26.6 Å². The maximum absolute atomic E-state index is 12.6. The van der Waals surface area contributed by atoms with Gasteiger partial charge >= 0.3 is 0 Å². The number of benzene rings is 2. The molecule has 3 heterocycles. The lowest BCUT2D eigenvalue weighted by Gasteiger charge is -2.13. The van der Waals surface area contributed by atoms with Gasteiger partial charge in [0.05, 0.1) is 18.5 Å². The molecule has 1 N–H and O–H groups in total. The number of nitrogens with zero attached hydrogens (tertiary/aromatic N) is 5. The highest BCUT2D eigenvalue weighted by Crippen LogP contribution is 2.24. The van der Waals surface area contributed by atoms with Crippen LogP contribution in [0.1, 0.15) is 48.9 Å². The molecule has 0 atom stereocenters. The molecule has 8 heteroatoms. The van der Waals surface area contributed by atoms with E-state index in [0.717, 1.165) is 42.1 Å². The van der Waals surface area contributed by atoms with Gasteiger partial charge in [0, 0.05) is 23.0 Å². The van der Waals surface area contributed by atoms with Crippen molar-refractivity contribution in [1.82, 2.24) is 24.4 Å². The Labute approximate surface area is 233 Å². The van der Waals surface area contributed by atoms with Gasteiger partial charge in [0.15, 0.2) is 11.4 Å². The molecule has 202 valence electrons. The molecule has 0 unspecified atom stereocenters. The number of allylic oxidation sites excluding steroid dienone is 2. The second kappa shape index (κ2) is 12.0. The topological polar surface area (TPSA) is 86.3 Å². The molecule has 0 saturated heterocycles. The third-order valence-corrected chi connectivity index (χ3v) is 7.10. The van der Waals surface area contributed by atoms with E-state index in [1.807, 2.05) is 79.0 Å². The fourth-order valence-corrected chi connectivity index (χ4v) is 5.01. The number of aromatic nitrogens is 5. The molecule has 0 fully saturated rings. The Hall–Kier alpha value is -4.72. The molecule has 0 radical (unpaired) electrons. The number of ketones is 1. The van der Waals surface area contributed by atoms with E-state index < -0.39 is 0 Å². The van der Waals surface area contributed by atoms with Crippen molar-refractivity contribution < 1.29 is 9.53 Å². The van der Waals surface area contributed by atoms with Crippen LogP contribution < -0.4 is 10.1 Å². The zero-order chi connectivity index (χ0) is 27.1. The van der Waals surface area contributed by atoms with E-state index in [4.69, 9.17) is 4.74 Å². The summed E-state index contributed by atoms with van der Waals surface area (Å²) in [6, 6.07) is 22.9. The van der Waals surface area contributed by atoms with Gasteiger partial charge in [-0.1, -0.05) is 48.0 Å². The molecule has 3 aromatic heterocycles. The van der Waals surface area contributed by atoms with Crippen molar-refractivity contribution in [2.24, 2.45) is 0 Å². The van der Waals surface area contributed by atoms with Crippen LogP contribution in [0.25, 0.3) is 16.9 Å². The number of ether oxygens (including phenoxy) is 1. The molecule has 1 aliphatic carbocycles. The van der Waals surface area contributed by atoms with Gasteiger partial charge in [0.25, 0.3) is 0 Å². The standard InChI is InChI=1S/C32H32N6O2/c39-30(25-12-5-2-6-13-25)23-37-22-26(21-33-37)29-14-7-15-31-35-32(36-38(29)31)34-27-16-18-28(19-17-27)40-20-8-11-24-9-3-1-4-10-24/h2,5-7,9,12-19,21-22H,1,3-4,8,10-11,20,23H2,(H,34,36). The number of fused-ring (bicyclic) bond motifs is 1. The van der Waals surface area contributed by atoms with Gasteiger partial charge in [-0.25, -0.2) is 4.52 Å². The summed E-state index contributed by atoms with van der Waals surface area (Å²) in [7, 11) is 0. The molecule has 0 aliphatic heterocycles. The number of hydrogen-bond acceptors (Lipinski definition) is 6. The van der Waals surface area contributed by atoms with E-state index in [0.29, 0.717) is 17.2 Å². The Balaban J connectivity index is 1.08. The summed E-state index contributed by atoms with van der Waals surface area (Å²) >= 11 is 0. The third kappa shape index (κ3) is 6.12. The number of carbonyl (C=O) groups excluding carboxylic acids is 1. The molecule has 0 spiro atoms. The van der Waals surface area contributed by atoms with Crippen molar-refractivity contribution >= 4 is 23.1 Å². The van der Waals surface area contributed by atoms with Crippen LogP contribution in [0.3, 0.4) is 0 Å². The number of nitrogens with one attached hydrogen (secondary N) is 1. The first-order valence-electron chi connectivity index (χ1n) is 13.9. The minimum atomic E-state index is 0.00854. The Kier molecular flexibility index (Phi) is 7.66. The predicted octanol–water partition coefficient (Wildman–Crippen LogP) is 6.88. The largest absolute Gasteiger partial charge is 0.494 e. The number of Topliss-reactive ketones (excluding diaryl/α,β-unsaturated/α-hetero) is 1. The summed E-state index contributed by atoms with van der Waals surface area (Å²) in [4.78, 5) is 17.2. The van der Waals surface area contributed by atoms with Crippen LogP contribution in [-0.2, 0) is 6.54 Å². The summed E-state index contributed by atoms with van der Waals surface area (Å²) in [6.07, 6.45) is 13.3. The summed E-state index contributed by atoms with van der Waals surface area (Å²) in [5.41, 5.74) is 5.53.